The molecule has 3 rings (SSSR count). The topological polar surface area (TPSA) is 98.1 Å². The molecule has 3 N–H and O–H groups in total. The van der Waals surface area contributed by atoms with Gasteiger partial charge in [0.05, 0.1) is 18.8 Å². The maximum atomic E-state index is 12.3. The smallest absolute Gasteiger partial charge is 0.317 e. The van der Waals surface area contributed by atoms with Crippen molar-refractivity contribution < 1.29 is 19.1 Å². The molecule has 28 heavy (non-hydrogen) atoms. The Morgan fingerprint density at radius 1 is 1.32 bits per heavy atom. The summed E-state index contributed by atoms with van der Waals surface area (Å²) < 4.78 is 5.61. The van der Waals surface area contributed by atoms with E-state index in [2.05, 4.69) is 15.5 Å². The van der Waals surface area contributed by atoms with Crippen LogP contribution in [-0.4, -0.2) is 71.7 Å². The van der Waals surface area contributed by atoms with E-state index in [1.165, 1.54) is 19.3 Å². The maximum absolute atomic E-state index is 12.3. The van der Waals surface area contributed by atoms with Crippen molar-refractivity contribution >= 4 is 12.0 Å². The first-order chi connectivity index (χ1) is 13.6. The minimum Gasteiger partial charge on any atom is -0.480 e. The molecule has 1 saturated carbocycles. The lowest BCUT2D eigenvalue weighted by Crippen LogP contribution is -2.56. The van der Waals surface area contributed by atoms with Crippen molar-refractivity contribution in [3.8, 4) is 0 Å². The van der Waals surface area contributed by atoms with Gasteiger partial charge in [0.1, 0.15) is 5.76 Å². The molecule has 0 bridgehead atoms. The van der Waals surface area contributed by atoms with Gasteiger partial charge in [-0.1, -0.05) is 13.3 Å². The summed E-state index contributed by atoms with van der Waals surface area (Å²) in [4.78, 5) is 27.6. The zero-order chi connectivity index (χ0) is 19.9. The number of likely N-dealkylation sites (N-methyl/N-ethyl adjacent to an activating group) is 1. The lowest BCUT2D eigenvalue weighted by molar-refractivity contribution is -0.139. The number of likely N-dealkylation sites (tertiary alicyclic amines) is 1. The molecule has 1 saturated heterocycles. The first-order valence-corrected chi connectivity index (χ1v) is 10.3. The highest BCUT2D eigenvalue weighted by atomic mass is 16.4. The van der Waals surface area contributed by atoms with Crippen LogP contribution in [0.5, 0.6) is 0 Å². The number of amides is 2. The van der Waals surface area contributed by atoms with Crippen LogP contribution in [0.1, 0.15) is 50.8 Å². The van der Waals surface area contributed by atoms with Gasteiger partial charge in [0, 0.05) is 18.6 Å². The van der Waals surface area contributed by atoms with Crippen LogP contribution < -0.4 is 10.6 Å². The molecule has 1 aliphatic heterocycles. The number of hydrogen-bond donors (Lipinski definition) is 3. The van der Waals surface area contributed by atoms with Crippen LogP contribution in [0.3, 0.4) is 0 Å². The van der Waals surface area contributed by atoms with Crippen LogP contribution in [0.4, 0.5) is 4.79 Å². The molecule has 1 aromatic rings. The number of hydrogen-bond acceptors (Lipinski definition) is 5. The highest BCUT2D eigenvalue weighted by Gasteiger charge is 2.35. The number of carbonyl (C=O) groups excluding carboxylic acids is 1. The molecule has 0 aromatic carbocycles. The Hall–Kier alpha value is -2.06. The quantitative estimate of drug-likeness (QED) is 0.595. The van der Waals surface area contributed by atoms with Gasteiger partial charge in [0.25, 0.3) is 0 Å². The van der Waals surface area contributed by atoms with Crippen molar-refractivity contribution in [3.05, 3.63) is 24.2 Å². The van der Waals surface area contributed by atoms with Crippen LogP contribution in [0.2, 0.25) is 0 Å². The Kier molecular flexibility index (Phi) is 7.33. The number of aliphatic carboxylic acids is 1. The van der Waals surface area contributed by atoms with Gasteiger partial charge in [-0.2, -0.15) is 0 Å². The Bertz CT molecular complexity index is 624. The molecule has 0 radical (unpaired) electrons. The van der Waals surface area contributed by atoms with Gasteiger partial charge in [0.2, 0.25) is 0 Å². The standard InChI is InChI=1S/C20H32N4O4/c1-2-23(14-19(25)26)16-11-15(12-16)22-20(27)21-13-17(18-7-6-10-28-18)24-8-4-3-5-9-24/h6-7,10,15-17H,2-5,8-9,11-14H2,1H3,(H,25,26)(H2,21,22,27). The summed E-state index contributed by atoms with van der Waals surface area (Å²) in [7, 11) is 0. The summed E-state index contributed by atoms with van der Waals surface area (Å²) in [5.41, 5.74) is 0. The first-order valence-electron chi connectivity index (χ1n) is 10.3. The van der Waals surface area contributed by atoms with Crippen molar-refractivity contribution in [2.24, 2.45) is 0 Å². The number of carbonyl (C=O) groups is 2. The second-order valence-electron chi connectivity index (χ2n) is 7.76. The van der Waals surface area contributed by atoms with Crippen LogP contribution in [-0.2, 0) is 4.79 Å². The minimum atomic E-state index is -0.808. The van der Waals surface area contributed by atoms with E-state index in [4.69, 9.17) is 9.52 Å². The molecule has 1 unspecified atom stereocenters. The zero-order valence-corrected chi connectivity index (χ0v) is 16.6. The Labute approximate surface area is 166 Å². The first kappa shape index (κ1) is 20.7. The van der Waals surface area contributed by atoms with Crippen LogP contribution in [0.25, 0.3) is 0 Å². The zero-order valence-electron chi connectivity index (χ0n) is 16.6. The predicted octanol–water partition coefficient (Wildman–Crippen LogP) is 2.04. The van der Waals surface area contributed by atoms with Crippen LogP contribution >= 0.6 is 0 Å². The summed E-state index contributed by atoms with van der Waals surface area (Å²) >= 11 is 0. The average Bonchev–Trinajstić information content (AvgIpc) is 3.18. The molecule has 8 heteroatoms. The number of nitrogens with zero attached hydrogens (tertiary/aromatic N) is 2. The highest BCUT2D eigenvalue weighted by molar-refractivity contribution is 5.74. The van der Waals surface area contributed by atoms with Crippen molar-refractivity contribution in [1.29, 1.82) is 0 Å². The third kappa shape index (κ3) is 5.48. The molecule has 2 amide bonds. The summed E-state index contributed by atoms with van der Waals surface area (Å²) in [6.45, 7) is 5.28. The molecule has 8 nitrogen and oxygen atoms in total. The maximum Gasteiger partial charge on any atom is 0.317 e. The fourth-order valence-corrected chi connectivity index (χ4v) is 4.22. The lowest BCUT2D eigenvalue weighted by atomic mass is 9.85. The van der Waals surface area contributed by atoms with Crippen molar-refractivity contribution in [2.45, 2.75) is 57.2 Å². The van der Waals surface area contributed by atoms with Gasteiger partial charge in [-0.05, 0) is 57.5 Å². The van der Waals surface area contributed by atoms with E-state index in [9.17, 15) is 9.59 Å². The summed E-state index contributed by atoms with van der Waals surface area (Å²) in [6.07, 6.45) is 6.88. The minimum absolute atomic E-state index is 0.0563. The Balaban J connectivity index is 1.43. The van der Waals surface area contributed by atoms with E-state index >= 15 is 0 Å². The second kappa shape index (κ2) is 9.93. The van der Waals surface area contributed by atoms with E-state index < -0.39 is 5.97 Å². The lowest BCUT2D eigenvalue weighted by Gasteiger charge is -2.42. The highest BCUT2D eigenvalue weighted by Crippen LogP contribution is 2.26. The molecular weight excluding hydrogens is 360 g/mol. The summed E-state index contributed by atoms with van der Waals surface area (Å²) in [5.74, 6) is 0.0795. The van der Waals surface area contributed by atoms with E-state index in [1.807, 2.05) is 24.0 Å². The third-order valence-corrected chi connectivity index (χ3v) is 5.87. The fraction of sp³-hybridized carbons (Fsp3) is 0.700. The predicted molar refractivity (Wildman–Crippen MR) is 105 cm³/mol. The monoisotopic (exact) mass is 392 g/mol. The number of urea groups is 1. The Morgan fingerprint density at radius 3 is 2.68 bits per heavy atom. The number of nitrogens with one attached hydrogen (secondary N) is 2. The van der Waals surface area contributed by atoms with E-state index in [0.717, 1.165) is 31.7 Å². The molecule has 2 aliphatic rings. The molecule has 1 aromatic heterocycles. The fourth-order valence-electron chi connectivity index (χ4n) is 4.22. The van der Waals surface area contributed by atoms with E-state index in [0.29, 0.717) is 13.1 Å². The van der Waals surface area contributed by atoms with Crippen LogP contribution in [0, 0.1) is 0 Å². The van der Waals surface area contributed by atoms with Gasteiger partial charge in [-0.25, -0.2) is 4.79 Å². The van der Waals surface area contributed by atoms with Crippen molar-refractivity contribution in [2.75, 3.05) is 32.7 Å². The summed E-state index contributed by atoms with van der Waals surface area (Å²) in [5, 5.41) is 15.0. The number of carboxylic acid groups (broad SMARTS) is 1. The normalized spacial score (nSPS) is 23.8. The van der Waals surface area contributed by atoms with Gasteiger partial charge >= 0.3 is 12.0 Å². The summed E-state index contributed by atoms with van der Waals surface area (Å²) in [6, 6.07) is 4.08. The third-order valence-electron chi connectivity index (χ3n) is 5.87. The largest absolute Gasteiger partial charge is 0.480 e. The molecule has 0 spiro atoms. The molecule has 2 fully saturated rings. The second-order valence-corrected chi connectivity index (χ2v) is 7.76. The van der Waals surface area contributed by atoms with E-state index in [-0.39, 0.29) is 30.7 Å². The molecule has 1 atom stereocenters. The van der Waals surface area contributed by atoms with Gasteiger partial charge in [-0.15, -0.1) is 0 Å². The van der Waals surface area contributed by atoms with Crippen molar-refractivity contribution in [1.82, 2.24) is 20.4 Å². The SMILES string of the molecule is CCN(CC(=O)O)C1CC(NC(=O)NCC(c2ccco2)N2CCCCC2)C1. The Morgan fingerprint density at radius 2 is 2.07 bits per heavy atom. The van der Waals surface area contributed by atoms with E-state index in [1.54, 1.807) is 6.26 Å². The number of furan rings is 1. The number of carboxylic acids is 1. The van der Waals surface area contributed by atoms with Crippen LogP contribution in [0.15, 0.2) is 22.8 Å². The van der Waals surface area contributed by atoms with Gasteiger partial charge in [-0.3, -0.25) is 14.6 Å². The molecule has 1 aliphatic carbocycles. The molecule has 2 heterocycles. The number of piperidine rings is 1. The molecular formula is C20H32N4O4. The van der Waals surface area contributed by atoms with Crippen molar-refractivity contribution in [3.63, 3.8) is 0 Å². The average molecular weight is 393 g/mol. The van der Waals surface area contributed by atoms with Gasteiger partial charge < -0.3 is 20.2 Å². The van der Waals surface area contributed by atoms with Gasteiger partial charge in [0.15, 0.2) is 0 Å². The molecule has 156 valence electrons. The number of rotatable bonds is 9.